The Morgan fingerprint density at radius 2 is 1.50 bits per heavy atom. The van der Waals surface area contributed by atoms with Crippen LogP contribution in [-0.4, -0.2) is 42.1 Å². The number of benzene rings is 1. The zero-order chi connectivity index (χ0) is 26.0. The molecule has 8 nitrogen and oxygen atoms in total. The molecule has 0 radical (unpaired) electrons. The molecule has 0 spiro atoms. The van der Waals surface area contributed by atoms with Gasteiger partial charge in [-0.05, 0) is 68.9 Å². The van der Waals surface area contributed by atoms with E-state index in [2.05, 4.69) is 14.9 Å². The van der Waals surface area contributed by atoms with Crippen LogP contribution in [0.15, 0.2) is 40.1 Å². The van der Waals surface area contributed by atoms with E-state index in [9.17, 15) is 14.0 Å². The van der Waals surface area contributed by atoms with Gasteiger partial charge >= 0.3 is 5.69 Å². The molecule has 4 fully saturated rings. The third kappa shape index (κ3) is 3.97. The first kappa shape index (κ1) is 24.0. The first-order chi connectivity index (χ1) is 18.5. The molecule has 2 aromatic heterocycles. The second-order valence-electron chi connectivity index (χ2n) is 12.1. The molecule has 2 saturated carbocycles. The maximum Gasteiger partial charge on any atom is 0.355 e. The largest absolute Gasteiger partial charge is 0.381 e. The summed E-state index contributed by atoms with van der Waals surface area (Å²) < 4.78 is 17.0. The Hall–Kier alpha value is -3.07. The highest BCUT2D eigenvalue weighted by Crippen LogP contribution is 2.47. The van der Waals surface area contributed by atoms with E-state index in [-0.39, 0.29) is 17.4 Å². The average molecular weight is 519 g/mol. The van der Waals surface area contributed by atoms with E-state index in [1.54, 1.807) is 0 Å². The lowest BCUT2D eigenvalue weighted by Gasteiger charge is -2.55. The van der Waals surface area contributed by atoms with Crippen LogP contribution in [0.4, 0.5) is 10.2 Å². The molecule has 7 rings (SSSR count). The van der Waals surface area contributed by atoms with Gasteiger partial charge in [-0.2, -0.15) is 4.98 Å². The van der Waals surface area contributed by atoms with Crippen molar-refractivity contribution in [2.75, 3.05) is 5.73 Å². The minimum Gasteiger partial charge on any atom is -0.381 e. The summed E-state index contributed by atoms with van der Waals surface area (Å²) in [6.07, 6.45) is 14.5. The van der Waals surface area contributed by atoms with Crippen LogP contribution in [-0.2, 0) is 0 Å². The number of para-hydroxylation sites is 2. The fourth-order valence-corrected chi connectivity index (χ4v) is 8.39. The third-order valence-electron chi connectivity index (χ3n) is 9.81. The van der Waals surface area contributed by atoms with Gasteiger partial charge in [0.2, 0.25) is 5.82 Å². The van der Waals surface area contributed by atoms with Crippen molar-refractivity contribution in [3.63, 3.8) is 0 Å². The summed E-state index contributed by atoms with van der Waals surface area (Å²) >= 11 is 0. The van der Waals surface area contributed by atoms with Crippen molar-refractivity contribution in [2.45, 2.75) is 94.8 Å². The number of fused-ring (bicyclic) bond motifs is 5. The van der Waals surface area contributed by atoms with Crippen LogP contribution < -0.4 is 17.0 Å². The normalized spacial score (nSPS) is 31.4. The van der Waals surface area contributed by atoms with Crippen molar-refractivity contribution >= 4 is 16.9 Å². The SMILES string of the molecule is Nc1nc(=O)n(-c2nc3ccccc3n(C3CC4CCCC(C3)N4C3CC4CCCC(C4)C3)c2=O)cc1F. The Labute approximate surface area is 220 Å². The van der Waals surface area contributed by atoms with Crippen LogP contribution in [0.5, 0.6) is 0 Å². The van der Waals surface area contributed by atoms with Gasteiger partial charge in [0.25, 0.3) is 5.56 Å². The fourth-order valence-electron chi connectivity index (χ4n) is 8.39. The standard InChI is InChI=1S/C29H35FN6O2/c30-23-16-34(29(38)33-26(23)31)27-28(37)36(25-10-2-1-9-24(25)32-27)22-14-19-7-4-8-20(15-22)35(19)21-12-17-5-3-6-18(11-17)13-21/h1-2,9-10,16-22H,3-8,11-15H2,(H2,31,33,38). The van der Waals surface area contributed by atoms with Gasteiger partial charge < -0.3 is 10.3 Å². The van der Waals surface area contributed by atoms with E-state index in [1.165, 1.54) is 44.9 Å². The minimum absolute atomic E-state index is 0.00826. The topological polar surface area (TPSA) is 99.0 Å². The van der Waals surface area contributed by atoms with E-state index in [0.717, 1.165) is 53.8 Å². The summed E-state index contributed by atoms with van der Waals surface area (Å²) in [5, 5.41) is 0. The fraction of sp³-hybridized carbons (Fsp3) is 0.586. The lowest BCUT2D eigenvalue weighted by atomic mass is 9.68. The molecule has 4 bridgehead atoms. The molecule has 3 aromatic rings. The molecule has 2 saturated heterocycles. The molecule has 4 unspecified atom stereocenters. The molecule has 200 valence electrons. The second-order valence-corrected chi connectivity index (χ2v) is 12.1. The van der Waals surface area contributed by atoms with Gasteiger partial charge in [0.05, 0.1) is 17.2 Å². The number of nitrogens with zero attached hydrogens (tertiary/aromatic N) is 5. The van der Waals surface area contributed by atoms with Gasteiger partial charge in [-0.15, -0.1) is 0 Å². The Morgan fingerprint density at radius 3 is 2.24 bits per heavy atom. The van der Waals surface area contributed by atoms with Crippen molar-refractivity contribution in [3.8, 4) is 5.82 Å². The minimum atomic E-state index is -0.856. The van der Waals surface area contributed by atoms with Crippen molar-refractivity contribution in [1.29, 1.82) is 0 Å². The zero-order valence-electron chi connectivity index (χ0n) is 21.6. The van der Waals surface area contributed by atoms with Crippen LogP contribution in [0, 0.1) is 17.7 Å². The zero-order valence-corrected chi connectivity index (χ0v) is 21.6. The van der Waals surface area contributed by atoms with Crippen molar-refractivity contribution in [1.82, 2.24) is 24.0 Å². The van der Waals surface area contributed by atoms with Crippen molar-refractivity contribution in [2.24, 2.45) is 11.8 Å². The maximum atomic E-state index is 14.3. The number of rotatable bonds is 3. The van der Waals surface area contributed by atoms with Gasteiger partial charge in [0, 0.05) is 24.2 Å². The summed E-state index contributed by atoms with van der Waals surface area (Å²) in [5.41, 5.74) is 5.64. The third-order valence-corrected chi connectivity index (χ3v) is 9.81. The molecule has 2 aliphatic carbocycles. The summed E-state index contributed by atoms with van der Waals surface area (Å²) in [7, 11) is 0. The van der Waals surface area contributed by atoms with E-state index >= 15 is 0 Å². The second kappa shape index (κ2) is 9.29. The average Bonchev–Trinajstić information content (AvgIpc) is 2.89. The number of halogens is 1. The van der Waals surface area contributed by atoms with Crippen LogP contribution in [0.25, 0.3) is 16.9 Å². The van der Waals surface area contributed by atoms with E-state index in [0.29, 0.717) is 23.6 Å². The highest BCUT2D eigenvalue weighted by atomic mass is 19.1. The van der Waals surface area contributed by atoms with Crippen LogP contribution in [0.1, 0.15) is 76.7 Å². The number of anilines is 1. The van der Waals surface area contributed by atoms with Gasteiger partial charge in [0.15, 0.2) is 11.6 Å². The number of hydrogen-bond acceptors (Lipinski definition) is 6. The van der Waals surface area contributed by atoms with Gasteiger partial charge in [-0.1, -0.05) is 37.8 Å². The Bertz CT molecular complexity index is 1470. The molecule has 2 aliphatic heterocycles. The van der Waals surface area contributed by atoms with Gasteiger partial charge in [-0.25, -0.2) is 18.7 Å². The Morgan fingerprint density at radius 1 is 0.816 bits per heavy atom. The quantitative estimate of drug-likeness (QED) is 0.558. The van der Waals surface area contributed by atoms with E-state index in [1.807, 2.05) is 28.8 Å². The van der Waals surface area contributed by atoms with Gasteiger partial charge in [-0.3, -0.25) is 9.69 Å². The number of aromatic nitrogens is 4. The molecule has 38 heavy (non-hydrogen) atoms. The lowest BCUT2D eigenvalue weighted by molar-refractivity contribution is -0.0485. The first-order valence-electron chi connectivity index (χ1n) is 14.3. The summed E-state index contributed by atoms with van der Waals surface area (Å²) in [6.45, 7) is 0. The molecular weight excluding hydrogens is 483 g/mol. The molecule has 1 aromatic carbocycles. The number of hydrogen-bond donors (Lipinski definition) is 1. The molecule has 2 N–H and O–H groups in total. The Kier molecular flexibility index (Phi) is 5.87. The first-order valence-corrected chi connectivity index (χ1v) is 14.3. The van der Waals surface area contributed by atoms with E-state index in [4.69, 9.17) is 5.73 Å². The predicted molar refractivity (Wildman–Crippen MR) is 144 cm³/mol. The molecular formula is C29H35FN6O2. The van der Waals surface area contributed by atoms with Gasteiger partial charge in [0.1, 0.15) is 0 Å². The van der Waals surface area contributed by atoms with Crippen molar-refractivity contribution in [3.05, 3.63) is 57.1 Å². The maximum absolute atomic E-state index is 14.3. The van der Waals surface area contributed by atoms with Crippen LogP contribution in [0.2, 0.25) is 0 Å². The van der Waals surface area contributed by atoms with E-state index < -0.39 is 17.3 Å². The summed E-state index contributed by atoms with van der Waals surface area (Å²) in [5.74, 6) is 0.290. The number of nitrogens with two attached hydrogens (primary N) is 1. The summed E-state index contributed by atoms with van der Waals surface area (Å²) in [4.78, 5) is 37.6. The monoisotopic (exact) mass is 518 g/mol. The smallest absolute Gasteiger partial charge is 0.355 e. The number of piperidine rings is 2. The molecule has 9 heteroatoms. The molecule has 4 atom stereocenters. The van der Waals surface area contributed by atoms with Crippen LogP contribution in [0.3, 0.4) is 0 Å². The number of nitrogen functional groups attached to an aromatic ring is 1. The lowest BCUT2D eigenvalue weighted by Crippen LogP contribution is -2.58. The molecule has 0 amide bonds. The highest BCUT2D eigenvalue weighted by molar-refractivity contribution is 5.75. The van der Waals surface area contributed by atoms with Crippen molar-refractivity contribution < 1.29 is 4.39 Å². The van der Waals surface area contributed by atoms with Crippen LogP contribution >= 0.6 is 0 Å². The Balaban J connectivity index is 1.28. The summed E-state index contributed by atoms with van der Waals surface area (Å²) in [6, 6.07) is 9.09. The highest BCUT2D eigenvalue weighted by Gasteiger charge is 2.45. The molecule has 4 heterocycles. The predicted octanol–water partition coefficient (Wildman–Crippen LogP) is 4.19. The molecule has 4 aliphatic rings.